The van der Waals surface area contributed by atoms with Crippen molar-refractivity contribution in [2.75, 3.05) is 32.2 Å². The van der Waals surface area contributed by atoms with Gasteiger partial charge in [0.25, 0.3) is 0 Å². The summed E-state index contributed by atoms with van der Waals surface area (Å²) in [5, 5.41) is 14.2. The summed E-state index contributed by atoms with van der Waals surface area (Å²) < 4.78 is 10.8. The lowest BCUT2D eigenvalue weighted by molar-refractivity contribution is -0.944. The van der Waals surface area contributed by atoms with Gasteiger partial charge < -0.3 is 19.3 Å². The summed E-state index contributed by atoms with van der Waals surface area (Å²) in [6.07, 6.45) is 7.51. The summed E-state index contributed by atoms with van der Waals surface area (Å²) >= 11 is 0. The number of quaternary nitrogens is 1. The average molecular weight is 368 g/mol. The maximum atomic E-state index is 14.2. The molecule has 2 saturated heterocycles. The number of methoxy groups -OCH3 is 2. The smallest absolute Gasteiger partial charge is 0.233 e. The Hall–Kier alpha value is -2.05. The molecule has 0 radical (unpaired) electrons. The SMILES string of the molecule is COc1cc2c(cc1OC)N1C(=O)C[C@@]34C=CC[N@+]5([O-])CC[C@H]2[C@H](CC3)[C@@]145. The van der Waals surface area contributed by atoms with Gasteiger partial charge in [-0.2, -0.15) is 0 Å². The molecule has 142 valence electrons. The summed E-state index contributed by atoms with van der Waals surface area (Å²) in [6, 6.07) is 3.97. The Balaban J connectivity index is 1.70. The van der Waals surface area contributed by atoms with Crippen LogP contribution in [0.3, 0.4) is 0 Å². The number of ether oxygens (including phenoxy) is 2. The van der Waals surface area contributed by atoms with E-state index in [1.165, 1.54) is 0 Å². The van der Waals surface area contributed by atoms with Gasteiger partial charge in [-0.25, -0.2) is 0 Å². The van der Waals surface area contributed by atoms with Crippen LogP contribution in [-0.4, -0.2) is 43.5 Å². The highest BCUT2D eigenvalue weighted by atomic mass is 16.6. The molecule has 6 rings (SSSR count). The molecule has 5 atom stereocenters. The Morgan fingerprint density at radius 1 is 1.22 bits per heavy atom. The first-order chi connectivity index (χ1) is 13.0. The van der Waals surface area contributed by atoms with E-state index in [1.807, 2.05) is 23.1 Å². The molecule has 0 aromatic heterocycles. The van der Waals surface area contributed by atoms with Crippen LogP contribution in [-0.2, 0) is 4.79 Å². The fraction of sp³-hybridized carbons (Fsp3) is 0.571. The second kappa shape index (κ2) is 4.67. The van der Waals surface area contributed by atoms with Crippen LogP contribution < -0.4 is 14.4 Å². The number of anilines is 1. The first-order valence-electron chi connectivity index (χ1n) is 9.86. The molecule has 3 fully saturated rings. The molecule has 27 heavy (non-hydrogen) atoms. The minimum atomic E-state index is -0.672. The standard InChI is InChI=1S/C21H24N2O4/c1-26-17-10-14-13-5-9-23(25)8-3-6-20-7-4-15(13)21(20,23)22(19(24)12-20)16(14)11-18(17)27-2/h3,6,10-11,13,15H,4-5,7-9,12H2,1-2H3/t13-,15+,20-,21+,23+/m1/s1. The van der Waals surface area contributed by atoms with Gasteiger partial charge >= 0.3 is 0 Å². The predicted molar refractivity (Wildman–Crippen MR) is 99.4 cm³/mol. The van der Waals surface area contributed by atoms with Gasteiger partial charge in [-0.3, -0.25) is 9.69 Å². The van der Waals surface area contributed by atoms with Crippen molar-refractivity contribution in [2.45, 2.75) is 37.3 Å². The zero-order valence-electron chi connectivity index (χ0n) is 15.7. The topological polar surface area (TPSA) is 61.8 Å². The maximum absolute atomic E-state index is 14.2. The van der Waals surface area contributed by atoms with E-state index in [9.17, 15) is 10.0 Å². The Morgan fingerprint density at radius 2 is 2.00 bits per heavy atom. The number of carbonyl (C=O) groups is 1. The minimum absolute atomic E-state index is 0.0819. The number of hydroxylamine groups is 3. The molecule has 6 heteroatoms. The number of benzene rings is 1. The van der Waals surface area contributed by atoms with Crippen molar-refractivity contribution in [3.63, 3.8) is 0 Å². The van der Waals surface area contributed by atoms with Crippen molar-refractivity contribution >= 4 is 11.6 Å². The van der Waals surface area contributed by atoms with Crippen molar-refractivity contribution in [1.29, 1.82) is 0 Å². The maximum Gasteiger partial charge on any atom is 0.233 e. The summed E-state index contributed by atoms with van der Waals surface area (Å²) in [7, 11) is 3.25. The lowest BCUT2D eigenvalue weighted by Gasteiger charge is -2.69. The van der Waals surface area contributed by atoms with Crippen molar-refractivity contribution in [1.82, 2.24) is 0 Å². The molecular weight excluding hydrogens is 344 g/mol. The zero-order chi connectivity index (χ0) is 18.6. The van der Waals surface area contributed by atoms with Gasteiger partial charge in [-0.15, -0.1) is 0 Å². The zero-order valence-corrected chi connectivity index (χ0v) is 15.7. The summed E-state index contributed by atoms with van der Waals surface area (Å²) in [4.78, 5) is 15.3. The van der Waals surface area contributed by atoms with E-state index < -0.39 is 5.66 Å². The normalized spacial score (nSPS) is 42.8. The lowest BCUT2D eigenvalue weighted by atomic mass is 9.62. The largest absolute Gasteiger partial charge is 0.631 e. The monoisotopic (exact) mass is 368 g/mol. The quantitative estimate of drug-likeness (QED) is 0.457. The highest BCUT2D eigenvalue weighted by Gasteiger charge is 2.80. The van der Waals surface area contributed by atoms with E-state index in [0.29, 0.717) is 36.9 Å². The molecule has 4 heterocycles. The fourth-order valence-electron chi connectivity index (χ4n) is 7.41. The molecule has 1 aliphatic carbocycles. The minimum Gasteiger partial charge on any atom is -0.631 e. The Kier molecular flexibility index (Phi) is 2.76. The molecule has 1 aromatic rings. The van der Waals surface area contributed by atoms with Crippen LogP contribution >= 0.6 is 0 Å². The van der Waals surface area contributed by atoms with Gasteiger partial charge in [-0.05, 0) is 30.5 Å². The molecule has 6 nitrogen and oxygen atoms in total. The highest BCUT2D eigenvalue weighted by Crippen LogP contribution is 2.73. The average Bonchev–Trinajstić information content (AvgIpc) is 3.13. The third kappa shape index (κ3) is 1.46. The van der Waals surface area contributed by atoms with E-state index in [0.717, 1.165) is 30.5 Å². The van der Waals surface area contributed by atoms with E-state index in [2.05, 4.69) is 6.08 Å². The number of nitrogens with zero attached hydrogens (tertiary/aromatic N) is 2. The highest BCUT2D eigenvalue weighted by molar-refractivity contribution is 6.01. The van der Waals surface area contributed by atoms with Gasteiger partial charge in [0.15, 0.2) is 17.2 Å². The second-order valence-corrected chi connectivity index (χ2v) is 8.79. The molecule has 5 aliphatic rings. The molecule has 0 unspecified atom stereocenters. The molecule has 2 bridgehead atoms. The van der Waals surface area contributed by atoms with E-state index in [1.54, 1.807) is 14.2 Å². The molecule has 1 amide bonds. The third-order valence-corrected chi connectivity index (χ3v) is 8.13. The van der Waals surface area contributed by atoms with Crippen LogP contribution in [0.2, 0.25) is 0 Å². The van der Waals surface area contributed by atoms with Gasteiger partial charge in [0.1, 0.15) is 0 Å². The van der Waals surface area contributed by atoms with E-state index in [-0.39, 0.29) is 21.9 Å². The van der Waals surface area contributed by atoms with Crippen molar-refractivity contribution in [3.05, 3.63) is 35.1 Å². The summed E-state index contributed by atoms with van der Waals surface area (Å²) in [6.45, 7) is 1.04. The summed E-state index contributed by atoms with van der Waals surface area (Å²) in [5.41, 5.74) is 1.03. The van der Waals surface area contributed by atoms with Crippen molar-refractivity contribution in [2.24, 2.45) is 11.3 Å². The van der Waals surface area contributed by atoms with Gasteiger partial charge in [0, 0.05) is 30.7 Å². The lowest BCUT2D eigenvalue weighted by Crippen LogP contribution is -2.79. The Labute approximate surface area is 158 Å². The number of piperidine rings is 1. The number of amides is 1. The number of hydrogen-bond donors (Lipinski definition) is 0. The predicted octanol–water partition coefficient (Wildman–Crippen LogP) is 2.92. The first kappa shape index (κ1) is 16.0. The van der Waals surface area contributed by atoms with Crippen LogP contribution in [0.25, 0.3) is 0 Å². The molecule has 1 saturated carbocycles. The fourth-order valence-corrected chi connectivity index (χ4v) is 7.41. The number of hydrogen-bond acceptors (Lipinski definition) is 4. The van der Waals surface area contributed by atoms with Gasteiger partial charge in [0.05, 0.1) is 38.4 Å². The molecule has 4 aliphatic heterocycles. The second-order valence-electron chi connectivity index (χ2n) is 8.79. The number of fused-ring (bicyclic) bond motifs is 3. The molecule has 1 aromatic carbocycles. The Bertz CT molecular complexity index is 914. The van der Waals surface area contributed by atoms with Crippen LogP contribution in [0.15, 0.2) is 24.3 Å². The van der Waals surface area contributed by atoms with Crippen molar-refractivity contribution < 1.29 is 18.9 Å². The number of rotatable bonds is 2. The van der Waals surface area contributed by atoms with E-state index >= 15 is 0 Å². The Morgan fingerprint density at radius 3 is 2.78 bits per heavy atom. The van der Waals surface area contributed by atoms with E-state index in [4.69, 9.17) is 9.47 Å². The van der Waals surface area contributed by atoms with Crippen LogP contribution in [0, 0.1) is 16.5 Å². The molecule has 1 spiro atoms. The summed E-state index contributed by atoms with van der Waals surface area (Å²) in [5.74, 6) is 1.91. The molecule has 0 N–H and O–H groups in total. The van der Waals surface area contributed by atoms with Crippen molar-refractivity contribution in [3.8, 4) is 11.5 Å². The third-order valence-electron chi connectivity index (χ3n) is 8.13. The number of carbonyl (C=O) groups excluding carboxylic acids is 1. The van der Waals surface area contributed by atoms with Crippen LogP contribution in [0.1, 0.15) is 37.2 Å². The van der Waals surface area contributed by atoms with Crippen LogP contribution in [0.5, 0.6) is 11.5 Å². The van der Waals surface area contributed by atoms with Crippen LogP contribution in [0.4, 0.5) is 5.69 Å². The van der Waals surface area contributed by atoms with Gasteiger partial charge in [-0.1, -0.05) is 6.08 Å². The molecular formula is C21H24N2O4. The first-order valence-corrected chi connectivity index (χ1v) is 9.86. The van der Waals surface area contributed by atoms with Gasteiger partial charge in [0.2, 0.25) is 5.91 Å².